The first-order valence-corrected chi connectivity index (χ1v) is 6.52. The molecule has 0 radical (unpaired) electrons. The number of aryl methyl sites for hydroxylation is 1. The summed E-state index contributed by atoms with van der Waals surface area (Å²) in [6.07, 6.45) is 0. The van der Waals surface area contributed by atoms with Crippen LogP contribution in [0.25, 0.3) is 11.0 Å². The minimum Gasteiger partial charge on any atom is -0.495 e. The molecule has 2 aromatic carbocycles. The SMILES string of the molecule is COc1ccc(Oc2nc3ccccc3nc2C)cc1N. The van der Waals surface area contributed by atoms with E-state index in [2.05, 4.69) is 9.97 Å². The largest absolute Gasteiger partial charge is 0.495 e. The van der Waals surface area contributed by atoms with E-state index in [9.17, 15) is 0 Å². The van der Waals surface area contributed by atoms with Gasteiger partial charge in [0, 0.05) is 6.07 Å². The Morgan fingerprint density at radius 3 is 2.38 bits per heavy atom. The number of hydrogen-bond donors (Lipinski definition) is 1. The minimum atomic E-state index is 0.471. The predicted molar refractivity (Wildman–Crippen MR) is 81.8 cm³/mol. The van der Waals surface area contributed by atoms with Crippen LogP contribution in [0.4, 0.5) is 5.69 Å². The average Bonchev–Trinajstić information content (AvgIpc) is 2.48. The molecule has 0 unspecified atom stereocenters. The monoisotopic (exact) mass is 281 g/mol. The van der Waals surface area contributed by atoms with Crippen LogP contribution in [0, 0.1) is 6.92 Å². The van der Waals surface area contributed by atoms with Crippen molar-refractivity contribution in [2.24, 2.45) is 0 Å². The molecule has 3 rings (SSSR count). The number of nitrogen functional groups attached to an aromatic ring is 1. The molecule has 2 N–H and O–H groups in total. The molecule has 0 aliphatic carbocycles. The molecule has 0 amide bonds. The van der Waals surface area contributed by atoms with E-state index < -0.39 is 0 Å². The fourth-order valence-electron chi connectivity index (χ4n) is 2.06. The second-order valence-corrected chi connectivity index (χ2v) is 4.61. The number of nitrogens with two attached hydrogens (primary N) is 1. The van der Waals surface area contributed by atoms with Crippen LogP contribution < -0.4 is 15.2 Å². The predicted octanol–water partition coefficient (Wildman–Crippen LogP) is 3.32. The number of hydrogen-bond acceptors (Lipinski definition) is 5. The van der Waals surface area contributed by atoms with Crippen molar-refractivity contribution in [3.05, 3.63) is 48.2 Å². The van der Waals surface area contributed by atoms with Crippen LogP contribution in [-0.2, 0) is 0 Å². The third-order valence-electron chi connectivity index (χ3n) is 3.12. The maximum Gasteiger partial charge on any atom is 0.241 e. The van der Waals surface area contributed by atoms with E-state index in [1.807, 2.05) is 31.2 Å². The lowest BCUT2D eigenvalue weighted by Crippen LogP contribution is -1.97. The number of benzene rings is 2. The molecule has 0 spiro atoms. The van der Waals surface area contributed by atoms with Gasteiger partial charge in [0.15, 0.2) is 0 Å². The maximum atomic E-state index is 5.87. The first-order chi connectivity index (χ1) is 10.2. The molecular formula is C16H15N3O2. The van der Waals surface area contributed by atoms with Gasteiger partial charge < -0.3 is 15.2 Å². The summed E-state index contributed by atoms with van der Waals surface area (Å²) in [4.78, 5) is 8.97. The van der Waals surface area contributed by atoms with Gasteiger partial charge in [0.1, 0.15) is 17.2 Å². The molecule has 0 aliphatic heterocycles. The smallest absolute Gasteiger partial charge is 0.241 e. The van der Waals surface area contributed by atoms with Gasteiger partial charge in [-0.25, -0.2) is 9.97 Å². The summed E-state index contributed by atoms with van der Waals surface area (Å²) in [7, 11) is 1.57. The molecule has 0 aliphatic rings. The van der Waals surface area contributed by atoms with Gasteiger partial charge in [-0.2, -0.15) is 0 Å². The Labute approximate surface area is 122 Å². The van der Waals surface area contributed by atoms with Crippen LogP contribution in [0.15, 0.2) is 42.5 Å². The lowest BCUT2D eigenvalue weighted by molar-refractivity contribution is 0.414. The van der Waals surface area contributed by atoms with Crippen LogP contribution in [0.1, 0.15) is 5.69 Å². The van der Waals surface area contributed by atoms with Crippen LogP contribution in [0.5, 0.6) is 17.4 Å². The van der Waals surface area contributed by atoms with E-state index in [1.165, 1.54) is 0 Å². The van der Waals surface area contributed by atoms with Crippen molar-refractivity contribution in [3.8, 4) is 17.4 Å². The number of fused-ring (bicyclic) bond motifs is 1. The van der Waals surface area contributed by atoms with Crippen molar-refractivity contribution >= 4 is 16.7 Å². The zero-order valence-corrected chi connectivity index (χ0v) is 11.8. The van der Waals surface area contributed by atoms with E-state index in [0.717, 1.165) is 16.7 Å². The molecule has 1 heterocycles. The van der Waals surface area contributed by atoms with Gasteiger partial charge in [-0.15, -0.1) is 0 Å². The fraction of sp³-hybridized carbons (Fsp3) is 0.125. The fourth-order valence-corrected chi connectivity index (χ4v) is 2.06. The normalized spacial score (nSPS) is 10.6. The van der Waals surface area contributed by atoms with Crippen LogP contribution >= 0.6 is 0 Å². The zero-order chi connectivity index (χ0) is 14.8. The summed E-state index contributed by atoms with van der Waals surface area (Å²) in [6.45, 7) is 1.86. The molecule has 0 fully saturated rings. The van der Waals surface area contributed by atoms with E-state index in [4.69, 9.17) is 15.2 Å². The molecule has 1 aromatic heterocycles. The Bertz CT molecular complexity index is 803. The number of ether oxygens (including phenoxy) is 2. The second kappa shape index (κ2) is 5.28. The van der Waals surface area contributed by atoms with Gasteiger partial charge in [-0.3, -0.25) is 0 Å². The molecule has 5 heteroatoms. The number of para-hydroxylation sites is 2. The van der Waals surface area contributed by atoms with Crippen molar-refractivity contribution in [2.45, 2.75) is 6.92 Å². The molecule has 3 aromatic rings. The van der Waals surface area contributed by atoms with E-state index in [-0.39, 0.29) is 0 Å². The highest BCUT2D eigenvalue weighted by Crippen LogP contribution is 2.30. The quantitative estimate of drug-likeness (QED) is 0.746. The van der Waals surface area contributed by atoms with Crippen LogP contribution in [0.2, 0.25) is 0 Å². The highest BCUT2D eigenvalue weighted by Gasteiger charge is 2.08. The van der Waals surface area contributed by atoms with Crippen molar-refractivity contribution in [1.29, 1.82) is 0 Å². The van der Waals surface area contributed by atoms with Gasteiger partial charge in [0.05, 0.1) is 23.8 Å². The van der Waals surface area contributed by atoms with Gasteiger partial charge in [-0.05, 0) is 31.2 Å². The van der Waals surface area contributed by atoms with Gasteiger partial charge in [0.25, 0.3) is 0 Å². The summed E-state index contributed by atoms with van der Waals surface area (Å²) < 4.78 is 10.9. The van der Waals surface area contributed by atoms with Crippen LogP contribution in [-0.4, -0.2) is 17.1 Å². The molecule has 0 saturated carbocycles. The lowest BCUT2D eigenvalue weighted by Gasteiger charge is -2.10. The molecule has 0 atom stereocenters. The van der Waals surface area contributed by atoms with Gasteiger partial charge >= 0.3 is 0 Å². The number of methoxy groups -OCH3 is 1. The highest BCUT2D eigenvalue weighted by atomic mass is 16.5. The Morgan fingerprint density at radius 1 is 1.00 bits per heavy atom. The number of aromatic nitrogens is 2. The van der Waals surface area contributed by atoms with E-state index in [1.54, 1.807) is 25.3 Å². The summed E-state index contributed by atoms with van der Waals surface area (Å²) in [5, 5.41) is 0. The highest BCUT2D eigenvalue weighted by molar-refractivity contribution is 5.74. The molecule has 106 valence electrons. The molecular weight excluding hydrogens is 266 g/mol. The van der Waals surface area contributed by atoms with Gasteiger partial charge in [-0.1, -0.05) is 12.1 Å². The Hall–Kier alpha value is -2.82. The Balaban J connectivity index is 1.97. The number of anilines is 1. The third-order valence-corrected chi connectivity index (χ3v) is 3.12. The van der Waals surface area contributed by atoms with Crippen molar-refractivity contribution in [2.75, 3.05) is 12.8 Å². The number of nitrogens with zero attached hydrogens (tertiary/aromatic N) is 2. The summed E-state index contributed by atoms with van der Waals surface area (Å²) in [5.41, 5.74) is 8.75. The molecule has 5 nitrogen and oxygen atoms in total. The summed E-state index contributed by atoms with van der Waals surface area (Å²) in [6, 6.07) is 12.9. The summed E-state index contributed by atoms with van der Waals surface area (Å²) >= 11 is 0. The zero-order valence-electron chi connectivity index (χ0n) is 11.8. The first-order valence-electron chi connectivity index (χ1n) is 6.52. The van der Waals surface area contributed by atoms with Gasteiger partial charge in [0.2, 0.25) is 5.88 Å². The van der Waals surface area contributed by atoms with Crippen LogP contribution in [0.3, 0.4) is 0 Å². The Morgan fingerprint density at radius 2 is 1.71 bits per heavy atom. The van der Waals surface area contributed by atoms with Crippen molar-refractivity contribution in [1.82, 2.24) is 9.97 Å². The molecule has 21 heavy (non-hydrogen) atoms. The number of rotatable bonds is 3. The van der Waals surface area contributed by atoms with E-state index in [0.29, 0.717) is 23.1 Å². The third kappa shape index (κ3) is 2.58. The summed E-state index contributed by atoms with van der Waals surface area (Å²) in [5.74, 6) is 1.68. The average molecular weight is 281 g/mol. The topological polar surface area (TPSA) is 70.3 Å². The van der Waals surface area contributed by atoms with Crippen molar-refractivity contribution < 1.29 is 9.47 Å². The lowest BCUT2D eigenvalue weighted by atomic mass is 10.3. The molecule has 0 bridgehead atoms. The van der Waals surface area contributed by atoms with Crippen molar-refractivity contribution in [3.63, 3.8) is 0 Å². The minimum absolute atomic E-state index is 0.471. The van der Waals surface area contributed by atoms with E-state index >= 15 is 0 Å². The maximum absolute atomic E-state index is 5.87. The second-order valence-electron chi connectivity index (χ2n) is 4.61. The Kier molecular flexibility index (Phi) is 3.31. The standard InChI is InChI=1S/C16H15N3O2/c1-10-16(19-14-6-4-3-5-13(14)18-10)21-11-7-8-15(20-2)12(17)9-11/h3-9H,17H2,1-2H3. The molecule has 0 saturated heterocycles. The first kappa shape index (κ1) is 13.2.